The first-order chi connectivity index (χ1) is 11.7. The van der Waals surface area contributed by atoms with E-state index in [9.17, 15) is 9.18 Å². The zero-order valence-electron chi connectivity index (χ0n) is 12.9. The minimum atomic E-state index is -0.296. The number of amides is 1. The van der Waals surface area contributed by atoms with Gasteiger partial charge in [-0.2, -0.15) is 0 Å². The van der Waals surface area contributed by atoms with Crippen molar-refractivity contribution in [2.24, 2.45) is 0 Å². The van der Waals surface area contributed by atoms with Crippen LogP contribution < -0.4 is 0 Å². The smallest absolute Gasteiger partial charge is 0.247 e. The van der Waals surface area contributed by atoms with Crippen LogP contribution in [0.25, 0.3) is 6.08 Å². The second-order valence-electron chi connectivity index (χ2n) is 5.24. The Balaban J connectivity index is 1.73. The van der Waals surface area contributed by atoms with Gasteiger partial charge in [0.2, 0.25) is 5.91 Å². The Kier molecular flexibility index (Phi) is 5.23. The number of hydrogen-bond acceptors (Lipinski definition) is 3. The highest BCUT2D eigenvalue weighted by atomic mass is 32.1. The van der Waals surface area contributed by atoms with E-state index in [1.165, 1.54) is 18.2 Å². The van der Waals surface area contributed by atoms with Crippen molar-refractivity contribution < 1.29 is 13.6 Å². The van der Waals surface area contributed by atoms with Gasteiger partial charge in [-0.25, -0.2) is 4.39 Å². The highest BCUT2D eigenvalue weighted by Gasteiger charge is 2.14. The molecule has 24 heavy (non-hydrogen) atoms. The Morgan fingerprint density at radius 2 is 1.96 bits per heavy atom. The number of benzene rings is 1. The summed E-state index contributed by atoms with van der Waals surface area (Å²) in [6.45, 7) is 0.919. The molecule has 0 spiro atoms. The van der Waals surface area contributed by atoms with E-state index < -0.39 is 0 Å². The van der Waals surface area contributed by atoms with Gasteiger partial charge in [0.25, 0.3) is 0 Å². The lowest BCUT2D eigenvalue weighted by molar-refractivity contribution is -0.127. The average molecular weight is 341 g/mol. The Bertz CT molecular complexity index is 756. The number of nitrogens with zero attached hydrogens (tertiary/aromatic N) is 1. The van der Waals surface area contributed by atoms with Crippen LogP contribution in [-0.2, 0) is 17.9 Å². The highest BCUT2D eigenvalue weighted by Crippen LogP contribution is 2.16. The molecule has 0 N–H and O–H groups in total. The molecule has 1 aromatic carbocycles. The third-order valence-electron chi connectivity index (χ3n) is 3.45. The number of furan rings is 1. The van der Waals surface area contributed by atoms with Gasteiger partial charge in [0.15, 0.2) is 0 Å². The maximum atomic E-state index is 12.9. The summed E-state index contributed by atoms with van der Waals surface area (Å²) in [6, 6.07) is 13.6. The zero-order valence-corrected chi connectivity index (χ0v) is 13.7. The molecule has 3 rings (SSSR count). The average Bonchev–Trinajstić information content (AvgIpc) is 3.27. The zero-order chi connectivity index (χ0) is 16.8. The molecule has 0 unspecified atom stereocenters. The summed E-state index contributed by atoms with van der Waals surface area (Å²) < 4.78 is 18.3. The first-order valence-corrected chi connectivity index (χ1v) is 8.36. The lowest BCUT2D eigenvalue weighted by atomic mass is 10.2. The summed E-state index contributed by atoms with van der Waals surface area (Å²) in [5.74, 6) is 0.315. The number of halogens is 1. The van der Waals surface area contributed by atoms with Crippen LogP contribution in [0.4, 0.5) is 4.39 Å². The number of rotatable bonds is 6. The van der Waals surface area contributed by atoms with Gasteiger partial charge in [-0.05, 0) is 47.4 Å². The molecular weight excluding hydrogens is 325 g/mol. The Morgan fingerprint density at radius 3 is 2.62 bits per heavy atom. The van der Waals surface area contributed by atoms with E-state index in [1.54, 1.807) is 46.8 Å². The molecule has 3 aromatic rings. The first kappa shape index (κ1) is 16.2. The van der Waals surface area contributed by atoms with Crippen LogP contribution in [-0.4, -0.2) is 10.8 Å². The van der Waals surface area contributed by atoms with Gasteiger partial charge in [0.1, 0.15) is 11.6 Å². The van der Waals surface area contributed by atoms with Gasteiger partial charge in [-0.1, -0.05) is 18.2 Å². The Hall–Kier alpha value is -2.66. The number of thiophene rings is 1. The number of hydrogen-bond donors (Lipinski definition) is 0. The molecular formula is C19H16FNO2S. The lowest BCUT2D eigenvalue weighted by Gasteiger charge is -2.19. The van der Waals surface area contributed by atoms with E-state index in [0.717, 1.165) is 16.2 Å². The predicted octanol–water partition coefficient (Wildman–Crippen LogP) is 4.72. The van der Waals surface area contributed by atoms with Crippen LogP contribution in [0.3, 0.4) is 0 Å². The summed E-state index contributed by atoms with van der Waals surface area (Å²) in [5, 5.41) is 1.99. The monoisotopic (exact) mass is 341 g/mol. The first-order valence-electron chi connectivity index (χ1n) is 7.48. The molecule has 2 aromatic heterocycles. The van der Waals surface area contributed by atoms with Crippen molar-refractivity contribution in [1.29, 1.82) is 0 Å². The maximum Gasteiger partial charge on any atom is 0.247 e. The topological polar surface area (TPSA) is 33.5 Å². The summed E-state index contributed by atoms with van der Waals surface area (Å²) in [7, 11) is 0. The summed E-state index contributed by atoms with van der Waals surface area (Å²) in [4.78, 5) is 15.4. The third-order valence-corrected chi connectivity index (χ3v) is 4.31. The molecule has 122 valence electrons. The fraction of sp³-hybridized carbons (Fsp3) is 0.105. The molecule has 0 saturated heterocycles. The van der Waals surface area contributed by atoms with Gasteiger partial charge < -0.3 is 9.32 Å². The Morgan fingerprint density at radius 1 is 1.12 bits per heavy atom. The van der Waals surface area contributed by atoms with E-state index in [2.05, 4.69) is 0 Å². The van der Waals surface area contributed by atoms with E-state index in [0.29, 0.717) is 13.1 Å². The molecule has 0 radical (unpaired) electrons. The van der Waals surface area contributed by atoms with Gasteiger partial charge in [0, 0.05) is 11.0 Å². The molecule has 0 atom stereocenters. The van der Waals surface area contributed by atoms with Crippen molar-refractivity contribution in [2.45, 2.75) is 13.1 Å². The van der Waals surface area contributed by atoms with Crippen molar-refractivity contribution in [1.82, 2.24) is 4.90 Å². The quantitative estimate of drug-likeness (QED) is 0.608. The van der Waals surface area contributed by atoms with Crippen LogP contribution in [0.1, 0.15) is 16.2 Å². The Labute approximate surface area is 143 Å². The molecule has 0 aliphatic carbocycles. The molecule has 0 bridgehead atoms. The van der Waals surface area contributed by atoms with Crippen LogP contribution in [0, 0.1) is 5.82 Å². The van der Waals surface area contributed by atoms with Gasteiger partial charge in [-0.15, -0.1) is 11.3 Å². The second kappa shape index (κ2) is 7.75. The van der Waals surface area contributed by atoms with Gasteiger partial charge in [-0.3, -0.25) is 4.79 Å². The van der Waals surface area contributed by atoms with Crippen molar-refractivity contribution in [3.05, 3.63) is 88.3 Å². The highest BCUT2D eigenvalue weighted by molar-refractivity contribution is 7.09. The van der Waals surface area contributed by atoms with Crippen LogP contribution >= 0.6 is 11.3 Å². The predicted molar refractivity (Wildman–Crippen MR) is 92.7 cm³/mol. The molecule has 5 heteroatoms. The molecule has 0 saturated carbocycles. The molecule has 1 amide bonds. The van der Waals surface area contributed by atoms with Crippen molar-refractivity contribution in [3.8, 4) is 0 Å². The third kappa shape index (κ3) is 4.43. The van der Waals surface area contributed by atoms with Crippen LogP contribution in [0.5, 0.6) is 0 Å². The summed E-state index contributed by atoms with van der Waals surface area (Å²) >= 11 is 1.61. The molecule has 2 heterocycles. The van der Waals surface area contributed by atoms with Crippen LogP contribution in [0.15, 0.2) is 70.7 Å². The lowest BCUT2D eigenvalue weighted by Crippen LogP contribution is -2.27. The number of carbonyl (C=O) groups excluding carboxylic acids is 1. The number of carbonyl (C=O) groups is 1. The second-order valence-corrected chi connectivity index (χ2v) is 6.27. The van der Waals surface area contributed by atoms with Gasteiger partial charge >= 0.3 is 0 Å². The van der Waals surface area contributed by atoms with Crippen molar-refractivity contribution in [2.75, 3.05) is 0 Å². The standard InChI is InChI=1S/C19H16FNO2S/c20-16-8-5-15(6-9-16)7-10-19(22)21(13-17-3-1-11-23-17)14-18-4-2-12-24-18/h1-12H,13-14H2/b10-7+. The van der Waals surface area contributed by atoms with E-state index in [4.69, 9.17) is 4.42 Å². The summed E-state index contributed by atoms with van der Waals surface area (Å²) in [6.07, 6.45) is 4.78. The van der Waals surface area contributed by atoms with E-state index in [-0.39, 0.29) is 11.7 Å². The SMILES string of the molecule is O=C(/C=C/c1ccc(F)cc1)N(Cc1ccco1)Cc1cccs1. The van der Waals surface area contributed by atoms with Crippen molar-refractivity contribution >= 4 is 23.3 Å². The maximum absolute atomic E-state index is 12.9. The minimum absolute atomic E-state index is 0.121. The van der Waals surface area contributed by atoms with Crippen LogP contribution in [0.2, 0.25) is 0 Å². The molecule has 0 aliphatic heterocycles. The fourth-order valence-electron chi connectivity index (χ4n) is 2.24. The normalized spacial score (nSPS) is 11.0. The minimum Gasteiger partial charge on any atom is -0.467 e. The summed E-state index contributed by atoms with van der Waals surface area (Å²) in [5.41, 5.74) is 0.777. The largest absolute Gasteiger partial charge is 0.467 e. The van der Waals surface area contributed by atoms with Gasteiger partial charge in [0.05, 0.1) is 19.4 Å². The van der Waals surface area contributed by atoms with E-state index >= 15 is 0 Å². The molecule has 3 nitrogen and oxygen atoms in total. The van der Waals surface area contributed by atoms with Crippen molar-refractivity contribution in [3.63, 3.8) is 0 Å². The molecule has 0 aliphatic rings. The fourth-order valence-corrected chi connectivity index (χ4v) is 2.96. The molecule has 0 fully saturated rings. The van der Waals surface area contributed by atoms with E-state index in [1.807, 2.05) is 23.6 Å².